The van der Waals surface area contributed by atoms with Crippen molar-refractivity contribution in [2.45, 2.75) is 23.8 Å². The van der Waals surface area contributed by atoms with Crippen molar-refractivity contribution >= 4 is 17.7 Å². The average molecular weight is 476 g/mol. The molecule has 0 bridgehead atoms. The fraction of sp³-hybridized carbons (Fsp3) is 0.364. The van der Waals surface area contributed by atoms with Crippen LogP contribution in [0.1, 0.15) is 18.5 Å². The summed E-state index contributed by atoms with van der Waals surface area (Å²) in [4.78, 5) is 16.1. The number of ether oxygens (including phenoxy) is 2. The van der Waals surface area contributed by atoms with Crippen LogP contribution >= 0.6 is 11.8 Å². The second-order valence-electron chi connectivity index (χ2n) is 6.86. The standard InChI is InChI=1S/C22H26FN5O4S/c23-17-5-3-16(4-6-17)21-27-28-22(32-21)33-15-18-7-8-19(14-26-18)31-11-1-2-20(29)25-10-13-30-12-9-24/h3-8,14H,1-2,9-13,15,24H2,(H,25,29). The number of nitrogens with two attached hydrogens (primary N) is 1. The predicted octanol–water partition coefficient (Wildman–Crippen LogP) is 2.81. The fourth-order valence-corrected chi connectivity index (χ4v) is 3.33. The summed E-state index contributed by atoms with van der Waals surface area (Å²) in [7, 11) is 0. The van der Waals surface area contributed by atoms with E-state index in [0.717, 1.165) is 5.69 Å². The number of hydrogen-bond acceptors (Lipinski definition) is 9. The molecule has 0 atom stereocenters. The minimum atomic E-state index is -0.322. The molecular weight excluding hydrogens is 449 g/mol. The molecular formula is C22H26FN5O4S. The summed E-state index contributed by atoms with van der Waals surface area (Å²) >= 11 is 1.36. The van der Waals surface area contributed by atoms with Gasteiger partial charge in [0.05, 0.1) is 31.7 Å². The summed E-state index contributed by atoms with van der Waals surface area (Å²) in [5.74, 6) is 1.15. The molecule has 33 heavy (non-hydrogen) atoms. The molecule has 1 amide bonds. The Labute approximate surface area is 195 Å². The Morgan fingerprint density at radius 3 is 2.73 bits per heavy atom. The first-order valence-electron chi connectivity index (χ1n) is 10.5. The summed E-state index contributed by atoms with van der Waals surface area (Å²) in [5, 5.41) is 11.2. The van der Waals surface area contributed by atoms with Crippen molar-refractivity contribution in [3.8, 4) is 17.2 Å². The Hall–Kier alpha value is -3.02. The molecule has 9 nitrogen and oxygen atoms in total. The second kappa shape index (κ2) is 13.5. The molecule has 176 valence electrons. The Kier molecular flexibility index (Phi) is 10.1. The van der Waals surface area contributed by atoms with E-state index in [-0.39, 0.29) is 11.7 Å². The first-order chi connectivity index (χ1) is 16.1. The fourth-order valence-electron chi connectivity index (χ4n) is 2.65. The van der Waals surface area contributed by atoms with Gasteiger partial charge in [0.15, 0.2) is 0 Å². The lowest BCUT2D eigenvalue weighted by Crippen LogP contribution is -2.28. The minimum absolute atomic E-state index is 0.0379. The summed E-state index contributed by atoms with van der Waals surface area (Å²) < 4.78 is 29.5. The molecule has 0 fully saturated rings. The topological polar surface area (TPSA) is 125 Å². The highest BCUT2D eigenvalue weighted by Crippen LogP contribution is 2.25. The van der Waals surface area contributed by atoms with Gasteiger partial charge in [0, 0.05) is 30.8 Å². The van der Waals surface area contributed by atoms with E-state index in [0.29, 0.717) is 73.9 Å². The molecule has 3 N–H and O–H groups in total. The first kappa shape index (κ1) is 24.6. The van der Waals surface area contributed by atoms with Crippen molar-refractivity contribution < 1.29 is 23.1 Å². The summed E-state index contributed by atoms with van der Waals surface area (Å²) in [5.41, 5.74) is 6.80. The van der Waals surface area contributed by atoms with E-state index in [1.807, 2.05) is 12.1 Å². The number of nitrogens with zero attached hydrogens (tertiary/aromatic N) is 3. The Balaban J connectivity index is 1.33. The van der Waals surface area contributed by atoms with E-state index < -0.39 is 0 Å². The van der Waals surface area contributed by atoms with Gasteiger partial charge in [-0.1, -0.05) is 11.8 Å². The zero-order chi connectivity index (χ0) is 23.3. The van der Waals surface area contributed by atoms with Gasteiger partial charge in [-0.3, -0.25) is 9.78 Å². The highest BCUT2D eigenvalue weighted by molar-refractivity contribution is 7.98. The van der Waals surface area contributed by atoms with Crippen LogP contribution in [0.15, 0.2) is 52.2 Å². The van der Waals surface area contributed by atoms with Gasteiger partial charge in [-0.2, -0.15) is 0 Å². The van der Waals surface area contributed by atoms with E-state index in [9.17, 15) is 9.18 Å². The van der Waals surface area contributed by atoms with Gasteiger partial charge in [0.25, 0.3) is 5.22 Å². The van der Waals surface area contributed by atoms with Gasteiger partial charge >= 0.3 is 0 Å². The molecule has 3 rings (SSSR count). The molecule has 0 aliphatic heterocycles. The average Bonchev–Trinajstić information content (AvgIpc) is 3.31. The van der Waals surface area contributed by atoms with Gasteiger partial charge in [0.1, 0.15) is 11.6 Å². The molecule has 0 aliphatic rings. The molecule has 11 heteroatoms. The number of halogens is 1. The van der Waals surface area contributed by atoms with Crippen LogP contribution < -0.4 is 15.8 Å². The number of nitrogens with one attached hydrogen (secondary N) is 1. The van der Waals surface area contributed by atoms with Crippen LogP contribution in [0.2, 0.25) is 0 Å². The smallest absolute Gasteiger partial charge is 0.277 e. The minimum Gasteiger partial charge on any atom is -0.492 e. The predicted molar refractivity (Wildman–Crippen MR) is 121 cm³/mol. The van der Waals surface area contributed by atoms with Crippen LogP contribution in [-0.2, 0) is 15.3 Å². The molecule has 2 aromatic heterocycles. The van der Waals surface area contributed by atoms with Crippen molar-refractivity contribution in [2.24, 2.45) is 5.73 Å². The number of carbonyl (C=O) groups is 1. The largest absolute Gasteiger partial charge is 0.492 e. The molecule has 0 saturated heterocycles. The van der Waals surface area contributed by atoms with Crippen molar-refractivity contribution in [2.75, 3.05) is 32.9 Å². The number of thioether (sulfide) groups is 1. The van der Waals surface area contributed by atoms with Crippen LogP contribution in [0.3, 0.4) is 0 Å². The number of pyridine rings is 1. The van der Waals surface area contributed by atoms with E-state index in [2.05, 4.69) is 20.5 Å². The van der Waals surface area contributed by atoms with E-state index in [1.54, 1.807) is 18.3 Å². The van der Waals surface area contributed by atoms with Crippen molar-refractivity contribution in [3.05, 3.63) is 54.1 Å². The summed E-state index contributed by atoms with van der Waals surface area (Å²) in [6, 6.07) is 9.54. The third-order valence-electron chi connectivity index (χ3n) is 4.29. The number of aromatic nitrogens is 3. The van der Waals surface area contributed by atoms with Crippen LogP contribution in [0.25, 0.3) is 11.5 Å². The molecule has 3 aromatic rings. The molecule has 1 aromatic carbocycles. The van der Waals surface area contributed by atoms with E-state index in [1.165, 1.54) is 23.9 Å². The molecule has 2 heterocycles. The summed E-state index contributed by atoms with van der Waals surface area (Å²) in [6.45, 7) is 2.31. The van der Waals surface area contributed by atoms with Gasteiger partial charge < -0.3 is 24.9 Å². The lowest BCUT2D eigenvalue weighted by molar-refractivity contribution is -0.121. The van der Waals surface area contributed by atoms with E-state index in [4.69, 9.17) is 19.6 Å². The molecule has 0 aliphatic carbocycles. The zero-order valence-electron chi connectivity index (χ0n) is 18.0. The lowest BCUT2D eigenvalue weighted by Gasteiger charge is -2.07. The summed E-state index contributed by atoms with van der Waals surface area (Å²) in [6.07, 6.45) is 2.62. The molecule has 0 unspecified atom stereocenters. The number of rotatable bonds is 14. The maximum absolute atomic E-state index is 13.0. The van der Waals surface area contributed by atoms with Gasteiger partial charge in [-0.15, -0.1) is 10.2 Å². The van der Waals surface area contributed by atoms with Crippen LogP contribution in [0, 0.1) is 5.82 Å². The second-order valence-corrected chi connectivity index (χ2v) is 7.78. The van der Waals surface area contributed by atoms with Crippen molar-refractivity contribution in [1.29, 1.82) is 0 Å². The highest BCUT2D eigenvalue weighted by Gasteiger charge is 2.10. The first-order valence-corrected chi connectivity index (χ1v) is 11.5. The number of benzene rings is 1. The number of hydrogen-bond donors (Lipinski definition) is 2. The van der Waals surface area contributed by atoms with Gasteiger partial charge in [0.2, 0.25) is 11.8 Å². The third-order valence-corrected chi connectivity index (χ3v) is 5.14. The third kappa shape index (κ3) is 8.79. The van der Waals surface area contributed by atoms with Crippen molar-refractivity contribution in [3.63, 3.8) is 0 Å². The Morgan fingerprint density at radius 2 is 1.97 bits per heavy atom. The normalized spacial score (nSPS) is 10.8. The van der Waals surface area contributed by atoms with Crippen LogP contribution in [0.4, 0.5) is 4.39 Å². The highest BCUT2D eigenvalue weighted by atomic mass is 32.2. The molecule has 0 spiro atoms. The number of amides is 1. The SMILES string of the molecule is NCCOCCNC(=O)CCCOc1ccc(CSc2nnc(-c3ccc(F)cc3)o2)nc1. The number of carbonyl (C=O) groups excluding carboxylic acids is 1. The lowest BCUT2D eigenvalue weighted by atomic mass is 10.2. The Bertz CT molecular complexity index is 985. The van der Waals surface area contributed by atoms with Crippen LogP contribution in [-0.4, -0.2) is 54.0 Å². The van der Waals surface area contributed by atoms with Gasteiger partial charge in [-0.25, -0.2) is 4.39 Å². The molecule has 0 radical (unpaired) electrons. The van der Waals surface area contributed by atoms with Crippen molar-refractivity contribution in [1.82, 2.24) is 20.5 Å². The maximum Gasteiger partial charge on any atom is 0.277 e. The maximum atomic E-state index is 13.0. The zero-order valence-corrected chi connectivity index (χ0v) is 18.9. The Morgan fingerprint density at radius 1 is 1.12 bits per heavy atom. The quantitative estimate of drug-likeness (QED) is 0.267. The van der Waals surface area contributed by atoms with Gasteiger partial charge in [-0.05, 0) is 42.8 Å². The van der Waals surface area contributed by atoms with Crippen LogP contribution in [0.5, 0.6) is 5.75 Å². The molecule has 0 saturated carbocycles. The monoisotopic (exact) mass is 475 g/mol. The van der Waals surface area contributed by atoms with E-state index >= 15 is 0 Å².